The first-order valence-electron chi connectivity index (χ1n) is 4.82. The lowest BCUT2D eigenvalue weighted by atomic mass is 10.1. The second-order valence-corrected chi connectivity index (χ2v) is 3.56. The minimum absolute atomic E-state index is 0.283. The molecule has 0 bridgehead atoms. The SMILES string of the molecule is O=C(O)C(F)Oc1ccc2c(c1)CCC2. The lowest BCUT2D eigenvalue weighted by Crippen LogP contribution is -2.21. The molecule has 0 aliphatic heterocycles. The van der Waals surface area contributed by atoms with Gasteiger partial charge < -0.3 is 9.84 Å². The van der Waals surface area contributed by atoms with Crippen LogP contribution in [0.15, 0.2) is 18.2 Å². The highest BCUT2D eigenvalue weighted by Crippen LogP contribution is 2.26. The van der Waals surface area contributed by atoms with Crippen LogP contribution in [0.25, 0.3) is 0 Å². The highest BCUT2D eigenvalue weighted by molar-refractivity contribution is 5.70. The van der Waals surface area contributed by atoms with Crippen molar-refractivity contribution in [3.8, 4) is 5.75 Å². The van der Waals surface area contributed by atoms with Gasteiger partial charge in [0.2, 0.25) is 0 Å². The van der Waals surface area contributed by atoms with Gasteiger partial charge in [0.25, 0.3) is 0 Å². The molecule has 3 nitrogen and oxygen atoms in total. The molecule has 0 amide bonds. The Morgan fingerprint density at radius 2 is 2.13 bits per heavy atom. The predicted octanol–water partition coefficient (Wildman–Crippen LogP) is 1.93. The highest BCUT2D eigenvalue weighted by Gasteiger charge is 2.18. The first-order valence-corrected chi connectivity index (χ1v) is 4.82. The molecular weight excluding hydrogens is 199 g/mol. The number of alkyl halides is 1. The number of benzene rings is 1. The van der Waals surface area contributed by atoms with Crippen molar-refractivity contribution in [2.24, 2.45) is 0 Å². The maximum Gasteiger partial charge on any atom is 0.378 e. The van der Waals surface area contributed by atoms with Gasteiger partial charge in [0.05, 0.1) is 0 Å². The maximum atomic E-state index is 12.7. The summed E-state index contributed by atoms with van der Waals surface area (Å²) in [6.45, 7) is 0. The molecule has 2 rings (SSSR count). The van der Waals surface area contributed by atoms with Crippen molar-refractivity contribution < 1.29 is 19.0 Å². The van der Waals surface area contributed by atoms with E-state index >= 15 is 0 Å². The van der Waals surface area contributed by atoms with Crippen molar-refractivity contribution in [3.05, 3.63) is 29.3 Å². The van der Waals surface area contributed by atoms with Crippen LogP contribution in [0.2, 0.25) is 0 Å². The maximum absolute atomic E-state index is 12.7. The minimum Gasteiger partial charge on any atom is -0.476 e. The topological polar surface area (TPSA) is 46.5 Å². The molecule has 0 aromatic heterocycles. The summed E-state index contributed by atoms with van der Waals surface area (Å²) >= 11 is 0. The fourth-order valence-electron chi connectivity index (χ4n) is 1.79. The van der Waals surface area contributed by atoms with E-state index in [-0.39, 0.29) is 5.75 Å². The van der Waals surface area contributed by atoms with E-state index in [1.165, 1.54) is 5.56 Å². The molecule has 0 saturated heterocycles. The van der Waals surface area contributed by atoms with Gasteiger partial charge in [-0.2, -0.15) is 4.39 Å². The second-order valence-electron chi connectivity index (χ2n) is 3.56. The average molecular weight is 210 g/mol. The molecule has 1 atom stereocenters. The summed E-state index contributed by atoms with van der Waals surface area (Å²) < 4.78 is 17.4. The van der Waals surface area contributed by atoms with Crippen LogP contribution in [0.4, 0.5) is 4.39 Å². The van der Waals surface area contributed by atoms with Crippen LogP contribution < -0.4 is 4.74 Å². The van der Waals surface area contributed by atoms with Gasteiger partial charge in [-0.05, 0) is 42.5 Å². The van der Waals surface area contributed by atoms with Crippen molar-refractivity contribution in [1.29, 1.82) is 0 Å². The van der Waals surface area contributed by atoms with Gasteiger partial charge in [0, 0.05) is 0 Å². The second kappa shape index (κ2) is 3.88. The number of carboxylic acids is 1. The molecule has 0 fully saturated rings. The summed E-state index contributed by atoms with van der Waals surface area (Å²) in [5, 5.41) is 8.34. The number of aliphatic carboxylic acids is 1. The Hall–Kier alpha value is -1.58. The Labute approximate surface area is 86.5 Å². The lowest BCUT2D eigenvalue weighted by Gasteiger charge is -2.08. The largest absolute Gasteiger partial charge is 0.476 e. The van der Waals surface area contributed by atoms with E-state index in [1.54, 1.807) is 12.1 Å². The number of carbonyl (C=O) groups is 1. The standard InChI is InChI=1S/C11H11FO3/c12-10(11(13)14)15-9-5-4-7-2-1-3-8(7)6-9/h4-6,10H,1-3H2,(H,13,14). The van der Waals surface area contributed by atoms with Gasteiger partial charge in [-0.25, -0.2) is 4.79 Å². The van der Waals surface area contributed by atoms with Crippen molar-refractivity contribution in [2.45, 2.75) is 25.6 Å². The quantitative estimate of drug-likeness (QED) is 0.829. The van der Waals surface area contributed by atoms with E-state index in [0.717, 1.165) is 24.8 Å². The number of aryl methyl sites for hydroxylation is 2. The van der Waals surface area contributed by atoms with Gasteiger partial charge in [0.1, 0.15) is 5.75 Å². The minimum atomic E-state index is -2.29. The van der Waals surface area contributed by atoms with E-state index in [4.69, 9.17) is 5.11 Å². The summed E-state index contributed by atoms with van der Waals surface area (Å²) in [4.78, 5) is 10.2. The Kier molecular flexibility index (Phi) is 2.58. The van der Waals surface area contributed by atoms with Crippen LogP contribution in [0.3, 0.4) is 0 Å². The molecule has 1 aliphatic carbocycles. The molecule has 1 N–H and O–H groups in total. The van der Waals surface area contributed by atoms with Crippen LogP contribution >= 0.6 is 0 Å². The number of fused-ring (bicyclic) bond motifs is 1. The van der Waals surface area contributed by atoms with Crippen molar-refractivity contribution in [3.63, 3.8) is 0 Å². The number of halogens is 1. The number of carboxylic acid groups (broad SMARTS) is 1. The van der Waals surface area contributed by atoms with Crippen LogP contribution in [-0.2, 0) is 17.6 Å². The van der Waals surface area contributed by atoms with Gasteiger partial charge >= 0.3 is 12.3 Å². The summed E-state index contributed by atoms with van der Waals surface area (Å²) in [6.07, 6.45) is 0.797. The number of hydrogen-bond acceptors (Lipinski definition) is 2. The number of rotatable bonds is 3. The average Bonchev–Trinajstić information content (AvgIpc) is 2.64. The molecule has 0 spiro atoms. The fraction of sp³-hybridized carbons (Fsp3) is 0.364. The summed E-state index contributed by atoms with van der Waals surface area (Å²) in [7, 11) is 0. The Morgan fingerprint density at radius 3 is 2.87 bits per heavy atom. The Bertz CT molecular complexity index is 389. The Morgan fingerprint density at radius 1 is 1.40 bits per heavy atom. The van der Waals surface area contributed by atoms with Crippen molar-refractivity contribution in [2.75, 3.05) is 0 Å². The highest BCUT2D eigenvalue weighted by atomic mass is 19.1. The molecular formula is C11H11FO3. The van der Waals surface area contributed by atoms with Crippen molar-refractivity contribution >= 4 is 5.97 Å². The molecule has 4 heteroatoms. The molecule has 1 aliphatic rings. The normalized spacial score (nSPS) is 15.8. The fourth-order valence-corrected chi connectivity index (χ4v) is 1.79. The lowest BCUT2D eigenvalue weighted by molar-refractivity contribution is -0.153. The van der Waals surface area contributed by atoms with E-state index in [0.29, 0.717) is 0 Å². The summed E-state index contributed by atoms with van der Waals surface area (Å²) in [5.41, 5.74) is 2.37. The van der Waals surface area contributed by atoms with E-state index in [9.17, 15) is 9.18 Å². The Balaban J connectivity index is 2.13. The van der Waals surface area contributed by atoms with Gasteiger partial charge in [-0.15, -0.1) is 0 Å². The molecule has 0 heterocycles. The van der Waals surface area contributed by atoms with E-state index < -0.39 is 12.3 Å². The third-order valence-corrected chi connectivity index (χ3v) is 2.50. The molecule has 15 heavy (non-hydrogen) atoms. The van der Waals surface area contributed by atoms with E-state index in [2.05, 4.69) is 4.74 Å². The van der Waals surface area contributed by atoms with E-state index in [1.807, 2.05) is 6.07 Å². The number of hydrogen-bond donors (Lipinski definition) is 1. The van der Waals surface area contributed by atoms with Crippen LogP contribution in [0.1, 0.15) is 17.5 Å². The molecule has 80 valence electrons. The van der Waals surface area contributed by atoms with Gasteiger partial charge in [0.15, 0.2) is 0 Å². The van der Waals surface area contributed by atoms with Crippen LogP contribution in [0.5, 0.6) is 5.75 Å². The monoisotopic (exact) mass is 210 g/mol. The molecule has 1 aromatic carbocycles. The molecule has 1 unspecified atom stereocenters. The number of ether oxygens (including phenoxy) is 1. The predicted molar refractivity (Wildman–Crippen MR) is 51.6 cm³/mol. The third-order valence-electron chi connectivity index (χ3n) is 2.50. The van der Waals surface area contributed by atoms with Gasteiger partial charge in [-0.3, -0.25) is 0 Å². The zero-order valence-electron chi connectivity index (χ0n) is 8.07. The van der Waals surface area contributed by atoms with Crippen LogP contribution in [-0.4, -0.2) is 17.4 Å². The molecule has 0 radical (unpaired) electrons. The third kappa shape index (κ3) is 2.09. The van der Waals surface area contributed by atoms with Gasteiger partial charge in [-0.1, -0.05) is 6.07 Å². The van der Waals surface area contributed by atoms with Crippen molar-refractivity contribution in [1.82, 2.24) is 0 Å². The first kappa shape index (κ1) is 9.96. The van der Waals surface area contributed by atoms with Crippen LogP contribution in [0, 0.1) is 0 Å². The zero-order valence-corrected chi connectivity index (χ0v) is 8.07. The summed E-state index contributed by atoms with van der Waals surface area (Å²) in [6, 6.07) is 5.20. The smallest absolute Gasteiger partial charge is 0.378 e. The first-order chi connectivity index (χ1) is 7.16. The molecule has 1 aromatic rings. The molecule has 0 saturated carbocycles. The zero-order chi connectivity index (χ0) is 10.8. The summed E-state index contributed by atoms with van der Waals surface area (Å²) in [5.74, 6) is -1.32.